The summed E-state index contributed by atoms with van der Waals surface area (Å²) in [7, 11) is 0. The minimum atomic E-state index is -0.483. The van der Waals surface area contributed by atoms with Gasteiger partial charge in [-0.05, 0) is 18.6 Å². The predicted octanol–water partition coefficient (Wildman–Crippen LogP) is 4.79. The number of aromatic nitrogens is 1. The molecule has 1 aromatic heterocycles. The Kier molecular flexibility index (Phi) is 4.98. The number of nitro groups is 1. The summed E-state index contributed by atoms with van der Waals surface area (Å²) in [4.78, 5) is 15.0. The monoisotopic (exact) mass is 325 g/mol. The van der Waals surface area contributed by atoms with Crippen molar-refractivity contribution in [1.29, 1.82) is 0 Å². The number of rotatable bonds is 5. The minimum absolute atomic E-state index is 0.110. The lowest BCUT2D eigenvalue weighted by Gasteiger charge is -2.09. The summed E-state index contributed by atoms with van der Waals surface area (Å²) in [6.07, 6.45) is 0.923. The van der Waals surface area contributed by atoms with Gasteiger partial charge in [0.1, 0.15) is 5.82 Å². The molecule has 0 radical (unpaired) electrons. The summed E-state index contributed by atoms with van der Waals surface area (Å²) in [6.45, 7) is 2.75. The molecule has 0 aliphatic rings. The van der Waals surface area contributed by atoms with Crippen molar-refractivity contribution in [1.82, 2.24) is 4.98 Å². The lowest BCUT2D eigenvalue weighted by molar-refractivity contribution is -0.384. The van der Waals surface area contributed by atoms with Gasteiger partial charge in [0.15, 0.2) is 5.69 Å². The lowest BCUT2D eigenvalue weighted by Crippen LogP contribution is -2.04. The van der Waals surface area contributed by atoms with Gasteiger partial charge >= 0.3 is 0 Å². The minimum Gasteiger partial charge on any atom is -0.370 e. The predicted molar refractivity (Wildman–Crippen MR) is 85.1 cm³/mol. The van der Waals surface area contributed by atoms with Crippen molar-refractivity contribution in [2.24, 2.45) is 0 Å². The topological polar surface area (TPSA) is 68.1 Å². The highest BCUT2D eigenvalue weighted by molar-refractivity contribution is 6.43. The van der Waals surface area contributed by atoms with E-state index in [9.17, 15) is 10.1 Å². The van der Waals surface area contributed by atoms with E-state index in [1.165, 1.54) is 6.07 Å². The molecule has 1 aromatic carbocycles. The van der Waals surface area contributed by atoms with E-state index in [0.29, 0.717) is 16.4 Å². The number of hydrogen-bond acceptors (Lipinski definition) is 4. The fourth-order valence-electron chi connectivity index (χ4n) is 1.84. The van der Waals surface area contributed by atoms with Crippen LogP contribution in [0.25, 0.3) is 11.3 Å². The Bertz CT molecular complexity index is 677. The average molecular weight is 326 g/mol. The van der Waals surface area contributed by atoms with Crippen LogP contribution >= 0.6 is 23.2 Å². The van der Waals surface area contributed by atoms with E-state index < -0.39 is 4.92 Å². The summed E-state index contributed by atoms with van der Waals surface area (Å²) >= 11 is 12.1. The van der Waals surface area contributed by atoms with Crippen LogP contribution in [-0.2, 0) is 0 Å². The molecule has 7 heteroatoms. The molecule has 0 aliphatic heterocycles. The molecule has 0 amide bonds. The first-order valence-electron chi connectivity index (χ1n) is 6.38. The first kappa shape index (κ1) is 15.5. The fourth-order valence-corrected chi connectivity index (χ4v) is 2.23. The third-order valence-corrected chi connectivity index (χ3v) is 3.65. The van der Waals surface area contributed by atoms with Crippen molar-refractivity contribution in [3.63, 3.8) is 0 Å². The van der Waals surface area contributed by atoms with Gasteiger partial charge in [0, 0.05) is 18.2 Å². The van der Waals surface area contributed by atoms with E-state index in [0.717, 1.165) is 13.0 Å². The third kappa shape index (κ3) is 3.43. The van der Waals surface area contributed by atoms with Gasteiger partial charge in [-0.2, -0.15) is 0 Å². The Morgan fingerprint density at radius 2 is 2.05 bits per heavy atom. The normalized spacial score (nSPS) is 10.4. The van der Waals surface area contributed by atoms with E-state index in [2.05, 4.69) is 10.3 Å². The Morgan fingerprint density at radius 3 is 2.71 bits per heavy atom. The van der Waals surface area contributed by atoms with Crippen LogP contribution in [0.3, 0.4) is 0 Å². The van der Waals surface area contributed by atoms with E-state index in [-0.39, 0.29) is 16.4 Å². The van der Waals surface area contributed by atoms with Crippen LogP contribution < -0.4 is 5.32 Å². The van der Waals surface area contributed by atoms with E-state index in [4.69, 9.17) is 23.2 Å². The molecule has 0 bridgehead atoms. The summed E-state index contributed by atoms with van der Waals surface area (Å²) in [6, 6.07) is 7.96. The first-order valence-corrected chi connectivity index (χ1v) is 7.14. The average Bonchev–Trinajstić information content (AvgIpc) is 2.47. The van der Waals surface area contributed by atoms with Gasteiger partial charge in [-0.1, -0.05) is 42.3 Å². The quantitative estimate of drug-likeness (QED) is 0.634. The Labute approximate surface area is 132 Å². The molecule has 1 N–H and O–H groups in total. The molecule has 0 fully saturated rings. The summed E-state index contributed by atoms with van der Waals surface area (Å²) in [5.74, 6) is 0.563. The van der Waals surface area contributed by atoms with E-state index in [1.54, 1.807) is 24.3 Å². The van der Waals surface area contributed by atoms with Crippen LogP contribution in [0.2, 0.25) is 10.0 Å². The number of halogens is 2. The van der Waals surface area contributed by atoms with Gasteiger partial charge in [-0.3, -0.25) is 10.1 Å². The molecule has 2 aromatic rings. The molecular weight excluding hydrogens is 313 g/mol. The van der Waals surface area contributed by atoms with E-state index in [1.807, 2.05) is 6.92 Å². The summed E-state index contributed by atoms with van der Waals surface area (Å²) in [5.41, 5.74) is 0.533. The van der Waals surface area contributed by atoms with Crippen molar-refractivity contribution in [2.75, 3.05) is 11.9 Å². The lowest BCUT2D eigenvalue weighted by atomic mass is 10.1. The number of anilines is 1. The molecule has 0 unspecified atom stereocenters. The highest BCUT2D eigenvalue weighted by Crippen LogP contribution is 2.37. The smallest absolute Gasteiger partial charge is 0.295 e. The van der Waals surface area contributed by atoms with Crippen molar-refractivity contribution in [3.05, 3.63) is 50.5 Å². The van der Waals surface area contributed by atoms with Crippen LogP contribution in [0, 0.1) is 10.1 Å². The molecule has 21 heavy (non-hydrogen) atoms. The maximum Gasteiger partial charge on any atom is 0.295 e. The largest absolute Gasteiger partial charge is 0.370 e. The molecule has 0 spiro atoms. The van der Waals surface area contributed by atoms with Gasteiger partial charge in [0.05, 0.1) is 15.0 Å². The molecule has 0 atom stereocenters. The molecule has 2 rings (SSSR count). The molecule has 0 aliphatic carbocycles. The number of nitrogens with zero attached hydrogens (tertiary/aromatic N) is 2. The van der Waals surface area contributed by atoms with Gasteiger partial charge in [0.25, 0.3) is 5.69 Å². The standard InChI is InChI=1S/C14H13Cl2N3O2/c1-2-8-17-12-7-6-11(19(20)21)14(18-12)9-4-3-5-10(15)13(9)16/h3-7H,2,8H2,1H3,(H,17,18). The number of nitrogens with one attached hydrogen (secondary N) is 1. The highest BCUT2D eigenvalue weighted by atomic mass is 35.5. The summed E-state index contributed by atoms with van der Waals surface area (Å²) < 4.78 is 0. The molecule has 0 saturated carbocycles. The van der Waals surface area contributed by atoms with Crippen molar-refractivity contribution >= 4 is 34.7 Å². The Balaban J connectivity index is 2.57. The second-order valence-electron chi connectivity index (χ2n) is 4.35. The van der Waals surface area contributed by atoms with Crippen molar-refractivity contribution < 1.29 is 4.92 Å². The van der Waals surface area contributed by atoms with Gasteiger partial charge in [0.2, 0.25) is 0 Å². The van der Waals surface area contributed by atoms with Crippen molar-refractivity contribution in [2.45, 2.75) is 13.3 Å². The Morgan fingerprint density at radius 1 is 1.29 bits per heavy atom. The van der Waals surface area contributed by atoms with Gasteiger partial charge in [-0.15, -0.1) is 0 Å². The van der Waals surface area contributed by atoms with Crippen LogP contribution in [-0.4, -0.2) is 16.5 Å². The molecular formula is C14H13Cl2N3O2. The SMILES string of the molecule is CCCNc1ccc([N+](=O)[O-])c(-c2cccc(Cl)c2Cl)n1. The van der Waals surface area contributed by atoms with Crippen molar-refractivity contribution in [3.8, 4) is 11.3 Å². The van der Waals surface area contributed by atoms with Crippen LogP contribution in [0.15, 0.2) is 30.3 Å². The third-order valence-electron chi connectivity index (χ3n) is 2.83. The molecule has 1 heterocycles. The molecule has 0 saturated heterocycles. The maximum absolute atomic E-state index is 11.2. The molecule has 5 nitrogen and oxygen atoms in total. The van der Waals surface area contributed by atoms with Crippen LogP contribution in [0.1, 0.15) is 13.3 Å². The zero-order chi connectivity index (χ0) is 15.4. The van der Waals surface area contributed by atoms with Crippen LogP contribution in [0.4, 0.5) is 11.5 Å². The maximum atomic E-state index is 11.2. The zero-order valence-corrected chi connectivity index (χ0v) is 12.8. The number of hydrogen-bond donors (Lipinski definition) is 1. The number of benzene rings is 1. The van der Waals surface area contributed by atoms with E-state index >= 15 is 0 Å². The second-order valence-corrected chi connectivity index (χ2v) is 5.13. The first-order chi connectivity index (χ1) is 10.0. The highest BCUT2D eigenvalue weighted by Gasteiger charge is 2.20. The van der Waals surface area contributed by atoms with Crippen LogP contribution in [0.5, 0.6) is 0 Å². The number of pyridine rings is 1. The fraction of sp³-hybridized carbons (Fsp3) is 0.214. The second kappa shape index (κ2) is 6.74. The van der Waals surface area contributed by atoms with Gasteiger partial charge < -0.3 is 5.32 Å². The zero-order valence-electron chi connectivity index (χ0n) is 11.3. The molecule has 110 valence electrons. The summed E-state index contributed by atoms with van der Waals surface area (Å²) in [5, 5.41) is 14.9. The Hall–Kier alpha value is -1.85. The van der Waals surface area contributed by atoms with Gasteiger partial charge in [-0.25, -0.2) is 4.98 Å².